The van der Waals surface area contributed by atoms with E-state index >= 15 is 0 Å². The maximum absolute atomic E-state index is 12.8. The molecular weight excluding hydrogens is 374 g/mol. The summed E-state index contributed by atoms with van der Waals surface area (Å²) in [6, 6.07) is 7.89. The summed E-state index contributed by atoms with van der Waals surface area (Å²) in [6.45, 7) is 3.01. The third-order valence-electron chi connectivity index (χ3n) is 5.75. The summed E-state index contributed by atoms with van der Waals surface area (Å²) in [4.78, 5) is 40.8. The molecule has 3 fully saturated rings. The first-order valence-corrected chi connectivity index (χ1v) is 10.8. The van der Waals surface area contributed by atoms with Crippen molar-refractivity contribution in [3.63, 3.8) is 0 Å². The van der Waals surface area contributed by atoms with Gasteiger partial charge < -0.3 is 9.80 Å². The molecule has 1 aromatic rings. The molecule has 0 atom stereocenters. The van der Waals surface area contributed by atoms with Gasteiger partial charge in [-0.05, 0) is 42.3 Å². The second-order valence-electron chi connectivity index (χ2n) is 7.56. The van der Waals surface area contributed by atoms with Crippen LogP contribution in [0.4, 0.5) is 10.5 Å². The molecule has 6 nitrogen and oxygen atoms in total. The molecule has 0 spiro atoms. The lowest BCUT2D eigenvalue weighted by Crippen LogP contribution is -2.50. The Morgan fingerprint density at radius 1 is 1.04 bits per heavy atom. The summed E-state index contributed by atoms with van der Waals surface area (Å²) in [5.41, 5.74) is 1.95. The van der Waals surface area contributed by atoms with E-state index < -0.39 is 0 Å². The smallest absolute Gasteiger partial charge is 0.290 e. The van der Waals surface area contributed by atoms with Crippen molar-refractivity contribution in [3.8, 4) is 0 Å². The number of imide groups is 1. The number of nitrogens with zero attached hydrogens (tertiary/aromatic N) is 2. The highest BCUT2D eigenvalue weighted by Gasteiger charge is 2.29. The van der Waals surface area contributed by atoms with Crippen LogP contribution in [-0.2, 0) is 9.59 Å². The van der Waals surface area contributed by atoms with E-state index in [9.17, 15) is 14.4 Å². The number of carbonyl (C=O) groups is 3. The minimum atomic E-state index is -0.340. The molecule has 0 bridgehead atoms. The third-order valence-corrected chi connectivity index (χ3v) is 6.56. The Hall–Kier alpha value is -2.28. The van der Waals surface area contributed by atoms with Gasteiger partial charge in [-0.3, -0.25) is 19.7 Å². The van der Waals surface area contributed by atoms with Gasteiger partial charge in [-0.25, -0.2) is 0 Å². The Labute approximate surface area is 169 Å². The van der Waals surface area contributed by atoms with Crippen molar-refractivity contribution in [2.24, 2.45) is 5.92 Å². The largest absolute Gasteiger partial charge is 0.367 e. The fourth-order valence-electron chi connectivity index (χ4n) is 4.24. The van der Waals surface area contributed by atoms with E-state index in [4.69, 9.17) is 0 Å². The molecule has 1 N–H and O–H groups in total. The van der Waals surface area contributed by atoms with E-state index in [0.717, 1.165) is 62.0 Å². The van der Waals surface area contributed by atoms with E-state index in [1.54, 1.807) is 6.08 Å². The second kappa shape index (κ2) is 8.39. The molecule has 1 aliphatic carbocycles. The monoisotopic (exact) mass is 399 g/mol. The number of thioether (sulfide) groups is 1. The lowest BCUT2D eigenvalue weighted by Gasteiger charge is -2.38. The van der Waals surface area contributed by atoms with Crippen molar-refractivity contribution in [3.05, 3.63) is 34.7 Å². The summed E-state index contributed by atoms with van der Waals surface area (Å²) in [6.07, 6.45) is 7.45. The van der Waals surface area contributed by atoms with Crippen LogP contribution in [0.2, 0.25) is 0 Å². The lowest BCUT2D eigenvalue weighted by atomic mass is 9.88. The topological polar surface area (TPSA) is 69.7 Å². The van der Waals surface area contributed by atoms with Crippen LogP contribution in [-0.4, -0.2) is 48.1 Å². The van der Waals surface area contributed by atoms with Crippen LogP contribution in [0.3, 0.4) is 0 Å². The Balaban J connectivity index is 1.44. The number of hydrogen-bond donors (Lipinski definition) is 1. The van der Waals surface area contributed by atoms with Gasteiger partial charge in [0.15, 0.2) is 0 Å². The van der Waals surface area contributed by atoms with Gasteiger partial charge in [0.2, 0.25) is 5.91 Å². The summed E-state index contributed by atoms with van der Waals surface area (Å²) in [5, 5.41) is 1.96. The van der Waals surface area contributed by atoms with E-state index in [-0.39, 0.29) is 17.1 Å². The van der Waals surface area contributed by atoms with Crippen LogP contribution in [0.5, 0.6) is 0 Å². The van der Waals surface area contributed by atoms with Crippen LogP contribution in [0.1, 0.15) is 37.7 Å². The normalized spacial score (nSPS) is 22.6. The van der Waals surface area contributed by atoms with Gasteiger partial charge in [0.05, 0.1) is 4.91 Å². The summed E-state index contributed by atoms with van der Waals surface area (Å²) < 4.78 is 0. The lowest BCUT2D eigenvalue weighted by molar-refractivity contribution is -0.136. The SMILES string of the molecule is O=C1NC(=O)/C(=C/c2ccccc2N2CCN(C(=O)C3CCCCC3)CC2)S1. The van der Waals surface area contributed by atoms with Crippen molar-refractivity contribution < 1.29 is 14.4 Å². The molecule has 2 aliphatic heterocycles. The highest BCUT2D eigenvalue weighted by atomic mass is 32.2. The minimum Gasteiger partial charge on any atom is -0.367 e. The Morgan fingerprint density at radius 3 is 2.43 bits per heavy atom. The predicted molar refractivity (Wildman–Crippen MR) is 111 cm³/mol. The number of nitrogens with one attached hydrogen (secondary N) is 1. The molecule has 0 radical (unpaired) electrons. The highest BCUT2D eigenvalue weighted by molar-refractivity contribution is 8.18. The van der Waals surface area contributed by atoms with E-state index in [2.05, 4.69) is 10.2 Å². The molecule has 0 unspecified atom stereocenters. The standard InChI is InChI=1S/C21H25N3O3S/c25-19-18(28-21(27)22-19)14-16-8-4-5-9-17(16)23-10-12-24(13-11-23)20(26)15-6-2-1-3-7-15/h4-5,8-9,14-15H,1-3,6-7,10-13H2,(H,22,25,27)/b18-14-. The second-order valence-corrected chi connectivity index (χ2v) is 8.57. The number of para-hydroxylation sites is 1. The number of rotatable bonds is 3. The Bertz CT molecular complexity index is 809. The quantitative estimate of drug-likeness (QED) is 0.790. The van der Waals surface area contributed by atoms with Crippen molar-refractivity contribution in [1.82, 2.24) is 10.2 Å². The van der Waals surface area contributed by atoms with Gasteiger partial charge in [0.1, 0.15) is 0 Å². The molecule has 7 heteroatoms. The number of hydrogen-bond acceptors (Lipinski definition) is 5. The Morgan fingerprint density at radius 2 is 1.75 bits per heavy atom. The minimum absolute atomic E-state index is 0.216. The first-order valence-electron chi connectivity index (χ1n) is 9.99. The molecule has 2 heterocycles. The Kier molecular flexibility index (Phi) is 5.71. The van der Waals surface area contributed by atoms with Gasteiger partial charge in [-0.15, -0.1) is 0 Å². The number of carbonyl (C=O) groups excluding carboxylic acids is 3. The average Bonchev–Trinajstić information content (AvgIpc) is 3.05. The number of piperazine rings is 1. The molecular formula is C21H25N3O3S. The predicted octanol–water partition coefficient (Wildman–Crippen LogP) is 3.24. The van der Waals surface area contributed by atoms with Gasteiger partial charge in [0, 0.05) is 37.8 Å². The number of amides is 3. The van der Waals surface area contributed by atoms with Crippen molar-refractivity contribution in [2.75, 3.05) is 31.1 Å². The molecule has 1 aromatic carbocycles. The maximum atomic E-state index is 12.8. The first kappa shape index (κ1) is 19.1. The van der Waals surface area contributed by atoms with Crippen molar-refractivity contribution in [2.45, 2.75) is 32.1 Å². The molecule has 3 amide bonds. The van der Waals surface area contributed by atoms with Gasteiger partial charge >= 0.3 is 0 Å². The van der Waals surface area contributed by atoms with E-state index in [1.807, 2.05) is 29.2 Å². The molecule has 1 saturated carbocycles. The van der Waals surface area contributed by atoms with E-state index in [0.29, 0.717) is 10.8 Å². The van der Waals surface area contributed by atoms with Crippen molar-refractivity contribution >= 4 is 40.6 Å². The molecule has 2 saturated heterocycles. The van der Waals surface area contributed by atoms with Crippen LogP contribution in [0, 0.1) is 5.92 Å². The van der Waals surface area contributed by atoms with Gasteiger partial charge in [0.25, 0.3) is 11.1 Å². The number of benzene rings is 1. The first-order chi connectivity index (χ1) is 13.6. The summed E-state index contributed by atoms with van der Waals surface area (Å²) >= 11 is 0.934. The maximum Gasteiger partial charge on any atom is 0.290 e. The molecule has 3 aliphatic rings. The zero-order valence-corrected chi connectivity index (χ0v) is 16.7. The highest BCUT2D eigenvalue weighted by Crippen LogP contribution is 2.31. The average molecular weight is 400 g/mol. The fourth-order valence-corrected chi connectivity index (χ4v) is 4.91. The third kappa shape index (κ3) is 4.09. The molecule has 28 heavy (non-hydrogen) atoms. The van der Waals surface area contributed by atoms with Crippen LogP contribution >= 0.6 is 11.8 Å². The van der Waals surface area contributed by atoms with Gasteiger partial charge in [-0.2, -0.15) is 0 Å². The zero-order chi connectivity index (χ0) is 19.5. The summed E-state index contributed by atoms with van der Waals surface area (Å²) in [7, 11) is 0. The van der Waals surface area contributed by atoms with Crippen molar-refractivity contribution in [1.29, 1.82) is 0 Å². The van der Waals surface area contributed by atoms with E-state index in [1.165, 1.54) is 19.3 Å². The van der Waals surface area contributed by atoms with Crippen LogP contribution < -0.4 is 10.2 Å². The molecule has 4 rings (SSSR count). The fraction of sp³-hybridized carbons (Fsp3) is 0.476. The molecule has 148 valence electrons. The van der Waals surface area contributed by atoms with Crippen LogP contribution in [0.15, 0.2) is 29.2 Å². The summed E-state index contributed by atoms with van der Waals surface area (Å²) in [5.74, 6) is 0.202. The van der Waals surface area contributed by atoms with Crippen LogP contribution in [0.25, 0.3) is 6.08 Å². The molecule has 0 aromatic heterocycles. The number of anilines is 1. The van der Waals surface area contributed by atoms with Gasteiger partial charge in [-0.1, -0.05) is 37.5 Å². The zero-order valence-electron chi connectivity index (χ0n) is 15.9.